The van der Waals surface area contributed by atoms with Crippen molar-refractivity contribution < 1.29 is 13.2 Å². The van der Waals surface area contributed by atoms with Crippen LogP contribution in [0.3, 0.4) is 0 Å². The number of benzene rings is 1. The zero-order chi connectivity index (χ0) is 13.6. The van der Waals surface area contributed by atoms with Gasteiger partial charge >= 0.3 is 6.18 Å². The Hall–Kier alpha value is -1.03. The predicted molar refractivity (Wildman–Crippen MR) is 65.3 cm³/mol. The van der Waals surface area contributed by atoms with Crippen LogP contribution in [0, 0.1) is 5.41 Å². The highest BCUT2D eigenvalue weighted by Crippen LogP contribution is 2.42. The predicted octanol–water partition coefficient (Wildman–Crippen LogP) is 3.94. The molecule has 0 saturated carbocycles. The van der Waals surface area contributed by atoms with Gasteiger partial charge in [0, 0.05) is 19.0 Å². The zero-order valence-electron chi connectivity index (χ0n) is 10.9. The van der Waals surface area contributed by atoms with E-state index in [1.54, 1.807) is 0 Å². The molecule has 0 saturated heterocycles. The fourth-order valence-electron chi connectivity index (χ4n) is 2.62. The van der Waals surface area contributed by atoms with Gasteiger partial charge in [-0.05, 0) is 22.6 Å². The topological polar surface area (TPSA) is 12.0 Å². The Morgan fingerprint density at radius 3 is 2.39 bits per heavy atom. The SMILES string of the molecule is CC(C)(C)C1CNCc2c1cccc2C(F)(F)F. The molecule has 1 aromatic carbocycles. The number of halogens is 3. The van der Waals surface area contributed by atoms with Gasteiger partial charge in [0.15, 0.2) is 0 Å². The third-order valence-corrected chi connectivity index (χ3v) is 3.59. The quantitative estimate of drug-likeness (QED) is 0.742. The molecule has 0 bridgehead atoms. The first kappa shape index (κ1) is 13.4. The standard InChI is InChI=1S/C14H18F3N/c1-13(2,3)12-8-18-7-10-9(12)5-4-6-11(10)14(15,16)17/h4-6,12,18H,7-8H2,1-3H3. The van der Waals surface area contributed by atoms with Crippen molar-refractivity contribution in [2.45, 2.75) is 39.4 Å². The highest BCUT2D eigenvalue weighted by atomic mass is 19.4. The van der Waals surface area contributed by atoms with Gasteiger partial charge in [-0.1, -0.05) is 32.9 Å². The van der Waals surface area contributed by atoms with Gasteiger partial charge in [0.25, 0.3) is 0 Å². The fraction of sp³-hybridized carbons (Fsp3) is 0.571. The van der Waals surface area contributed by atoms with E-state index < -0.39 is 11.7 Å². The molecule has 1 aliphatic rings. The molecule has 1 unspecified atom stereocenters. The van der Waals surface area contributed by atoms with Crippen LogP contribution in [0.4, 0.5) is 13.2 Å². The lowest BCUT2D eigenvalue weighted by Crippen LogP contribution is -2.36. The Kier molecular flexibility index (Phi) is 3.18. The molecule has 1 heterocycles. The maximum atomic E-state index is 13.0. The van der Waals surface area contributed by atoms with Gasteiger partial charge in [0.1, 0.15) is 0 Å². The largest absolute Gasteiger partial charge is 0.416 e. The monoisotopic (exact) mass is 257 g/mol. The number of fused-ring (bicyclic) bond motifs is 1. The number of nitrogens with one attached hydrogen (secondary N) is 1. The fourth-order valence-corrected chi connectivity index (χ4v) is 2.62. The minimum atomic E-state index is -4.27. The van der Waals surface area contributed by atoms with E-state index in [1.807, 2.05) is 6.07 Å². The summed E-state index contributed by atoms with van der Waals surface area (Å²) in [5.74, 6) is 0.114. The summed E-state index contributed by atoms with van der Waals surface area (Å²) in [4.78, 5) is 0. The van der Waals surface area contributed by atoms with Crippen molar-refractivity contribution >= 4 is 0 Å². The molecule has 0 amide bonds. The third kappa shape index (κ3) is 2.39. The van der Waals surface area contributed by atoms with Crippen LogP contribution in [0.2, 0.25) is 0 Å². The Morgan fingerprint density at radius 1 is 1.17 bits per heavy atom. The van der Waals surface area contributed by atoms with Gasteiger partial charge in [-0.25, -0.2) is 0 Å². The van der Waals surface area contributed by atoms with E-state index in [9.17, 15) is 13.2 Å². The molecule has 0 fully saturated rings. The first-order chi connectivity index (χ1) is 8.21. The van der Waals surface area contributed by atoms with Crippen LogP contribution >= 0.6 is 0 Å². The summed E-state index contributed by atoms with van der Waals surface area (Å²) in [6.07, 6.45) is -4.27. The first-order valence-electron chi connectivity index (χ1n) is 6.11. The van der Waals surface area contributed by atoms with E-state index in [-0.39, 0.29) is 11.3 Å². The Labute approximate surface area is 105 Å². The van der Waals surface area contributed by atoms with Crippen molar-refractivity contribution in [3.63, 3.8) is 0 Å². The molecule has 2 rings (SSSR count). The Bertz CT molecular complexity index is 443. The van der Waals surface area contributed by atoms with Crippen molar-refractivity contribution in [3.8, 4) is 0 Å². The van der Waals surface area contributed by atoms with Gasteiger partial charge in [-0.3, -0.25) is 0 Å². The van der Waals surface area contributed by atoms with Crippen molar-refractivity contribution in [2.75, 3.05) is 6.54 Å². The van der Waals surface area contributed by atoms with Crippen LogP contribution in [0.5, 0.6) is 0 Å². The summed E-state index contributed by atoms with van der Waals surface area (Å²) in [6.45, 7) is 7.23. The van der Waals surface area contributed by atoms with Crippen LogP contribution in [0.15, 0.2) is 18.2 Å². The summed E-state index contributed by atoms with van der Waals surface area (Å²) in [5.41, 5.74) is 0.709. The van der Waals surface area contributed by atoms with Crippen LogP contribution in [0.1, 0.15) is 43.4 Å². The summed E-state index contributed by atoms with van der Waals surface area (Å²) in [5, 5.41) is 3.11. The molecule has 100 valence electrons. The molecule has 1 nitrogen and oxygen atoms in total. The van der Waals surface area contributed by atoms with E-state index in [0.717, 1.165) is 12.1 Å². The molecule has 18 heavy (non-hydrogen) atoms. The van der Waals surface area contributed by atoms with Crippen LogP contribution in [-0.4, -0.2) is 6.54 Å². The van der Waals surface area contributed by atoms with Crippen LogP contribution < -0.4 is 5.32 Å². The smallest absolute Gasteiger partial charge is 0.312 e. The van der Waals surface area contributed by atoms with E-state index >= 15 is 0 Å². The molecule has 0 spiro atoms. The highest BCUT2D eigenvalue weighted by molar-refractivity contribution is 5.41. The van der Waals surface area contributed by atoms with Gasteiger partial charge in [-0.15, -0.1) is 0 Å². The summed E-state index contributed by atoms with van der Waals surface area (Å²) in [6, 6.07) is 4.53. The lowest BCUT2D eigenvalue weighted by atomic mass is 9.73. The Balaban J connectivity index is 2.54. The molecule has 1 N–H and O–H groups in total. The molecule has 1 atom stereocenters. The average Bonchev–Trinajstić information content (AvgIpc) is 2.24. The van der Waals surface area contributed by atoms with E-state index in [2.05, 4.69) is 26.1 Å². The number of hydrogen-bond donors (Lipinski definition) is 1. The molecule has 4 heteroatoms. The van der Waals surface area contributed by atoms with E-state index in [0.29, 0.717) is 12.1 Å². The summed E-state index contributed by atoms with van der Waals surface area (Å²) < 4.78 is 38.9. The summed E-state index contributed by atoms with van der Waals surface area (Å²) >= 11 is 0. The second-order valence-electron chi connectivity index (χ2n) is 5.92. The molecular formula is C14H18F3N. The third-order valence-electron chi connectivity index (χ3n) is 3.59. The van der Waals surface area contributed by atoms with Crippen LogP contribution in [-0.2, 0) is 12.7 Å². The molecule has 1 aromatic rings. The van der Waals surface area contributed by atoms with Gasteiger partial charge in [0.2, 0.25) is 0 Å². The maximum absolute atomic E-state index is 13.0. The number of alkyl halides is 3. The van der Waals surface area contributed by atoms with Crippen molar-refractivity contribution in [3.05, 3.63) is 34.9 Å². The van der Waals surface area contributed by atoms with Gasteiger partial charge < -0.3 is 5.32 Å². The second-order valence-corrected chi connectivity index (χ2v) is 5.92. The number of rotatable bonds is 0. The van der Waals surface area contributed by atoms with E-state index in [1.165, 1.54) is 12.1 Å². The van der Waals surface area contributed by atoms with Crippen molar-refractivity contribution in [1.82, 2.24) is 5.32 Å². The van der Waals surface area contributed by atoms with Gasteiger partial charge in [0.05, 0.1) is 5.56 Å². The van der Waals surface area contributed by atoms with Crippen LogP contribution in [0.25, 0.3) is 0 Å². The number of hydrogen-bond acceptors (Lipinski definition) is 1. The normalized spacial score (nSPS) is 20.7. The lowest BCUT2D eigenvalue weighted by molar-refractivity contribution is -0.138. The van der Waals surface area contributed by atoms with Crippen molar-refractivity contribution in [2.24, 2.45) is 5.41 Å². The van der Waals surface area contributed by atoms with E-state index in [4.69, 9.17) is 0 Å². The molecule has 1 aliphatic heterocycles. The first-order valence-corrected chi connectivity index (χ1v) is 6.11. The van der Waals surface area contributed by atoms with Gasteiger partial charge in [-0.2, -0.15) is 13.2 Å². The minimum Gasteiger partial charge on any atom is -0.312 e. The minimum absolute atomic E-state index is 0.0492. The average molecular weight is 257 g/mol. The molecule has 0 radical (unpaired) electrons. The lowest BCUT2D eigenvalue weighted by Gasteiger charge is -2.37. The molecule has 0 aromatic heterocycles. The summed E-state index contributed by atoms with van der Waals surface area (Å²) in [7, 11) is 0. The zero-order valence-corrected chi connectivity index (χ0v) is 10.9. The molecular weight excluding hydrogens is 239 g/mol. The maximum Gasteiger partial charge on any atom is 0.416 e. The second kappa shape index (κ2) is 4.26. The Morgan fingerprint density at radius 2 is 1.83 bits per heavy atom. The molecule has 0 aliphatic carbocycles. The van der Waals surface area contributed by atoms with Crippen molar-refractivity contribution in [1.29, 1.82) is 0 Å². The highest BCUT2D eigenvalue weighted by Gasteiger charge is 2.38.